The minimum atomic E-state index is -1.10. The quantitative estimate of drug-likeness (QED) is 0.715. The van der Waals surface area contributed by atoms with Crippen LogP contribution in [0.2, 0.25) is 0 Å². The van der Waals surface area contributed by atoms with Crippen LogP contribution in [0.4, 0.5) is 0 Å². The molecule has 2 aromatic carbocycles. The summed E-state index contributed by atoms with van der Waals surface area (Å²) in [6, 6.07) is 19.6. The van der Waals surface area contributed by atoms with E-state index in [1.807, 2.05) is 66.7 Å². The second-order valence-corrected chi connectivity index (χ2v) is 6.27. The smallest absolute Gasteiger partial charge is 0.326 e. The molecular weight excluding hydrogens is 328 g/mol. The van der Waals surface area contributed by atoms with E-state index in [0.717, 1.165) is 11.1 Å². The van der Waals surface area contributed by atoms with Crippen molar-refractivity contribution >= 4 is 11.9 Å². The lowest BCUT2D eigenvalue weighted by atomic mass is 9.75. The monoisotopic (exact) mass is 350 g/mol. The van der Waals surface area contributed by atoms with Gasteiger partial charge in [0, 0.05) is 6.42 Å². The summed E-state index contributed by atoms with van der Waals surface area (Å²) in [6.07, 6.45) is 0.893. The van der Waals surface area contributed by atoms with E-state index < -0.39 is 17.4 Å². The third-order valence-electron chi connectivity index (χ3n) is 4.54. The molecular formula is C21H22N2O3. The fraction of sp³-hybridized carbons (Fsp3) is 0.286. The van der Waals surface area contributed by atoms with E-state index in [4.69, 9.17) is 5.26 Å². The third-order valence-corrected chi connectivity index (χ3v) is 4.54. The molecule has 134 valence electrons. The van der Waals surface area contributed by atoms with Crippen molar-refractivity contribution in [3.05, 3.63) is 71.8 Å². The molecule has 2 rings (SSSR count). The lowest BCUT2D eigenvalue weighted by molar-refractivity contribution is -0.142. The van der Waals surface area contributed by atoms with Gasteiger partial charge in [-0.1, -0.05) is 60.7 Å². The van der Waals surface area contributed by atoms with Crippen molar-refractivity contribution < 1.29 is 14.7 Å². The summed E-state index contributed by atoms with van der Waals surface area (Å²) in [4.78, 5) is 24.7. The maximum absolute atomic E-state index is 13.2. The first-order valence-corrected chi connectivity index (χ1v) is 8.52. The van der Waals surface area contributed by atoms with Gasteiger partial charge in [0.1, 0.15) is 6.04 Å². The highest BCUT2D eigenvalue weighted by molar-refractivity contribution is 5.94. The summed E-state index contributed by atoms with van der Waals surface area (Å²) >= 11 is 0. The Morgan fingerprint density at radius 1 is 1.08 bits per heavy atom. The molecule has 0 spiro atoms. The summed E-state index contributed by atoms with van der Waals surface area (Å²) < 4.78 is 0. The number of carbonyl (C=O) groups is 2. The van der Waals surface area contributed by atoms with Gasteiger partial charge in [-0.3, -0.25) is 4.79 Å². The van der Waals surface area contributed by atoms with Crippen molar-refractivity contribution in [2.75, 3.05) is 0 Å². The maximum atomic E-state index is 13.2. The highest BCUT2D eigenvalue weighted by Gasteiger charge is 2.38. The minimum absolute atomic E-state index is 0.217. The molecule has 0 saturated heterocycles. The van der Waals surface area contributed by atoms with Gasteiger partial charge < -0.3 is 10.4 Å². The molecule has 0 heterocycles. The zero-order valence-electron chi connectivity index (χ0n) is 14.7. The predicted molar refractivity (Wildman–Crippen MR) is 98.4 cm³/mol. The Morgan fingerprint density at radius 3 is 2.00 bits per heavy atom. The molecule has 0 fully saturated rings. The van der Waals surface area contributed by atoms with Gasteiger partial charge in [-0.05, 0) is 30.9 Å². The zero-order chi connectivity index (χ0) is 19.0. The Labute approximate surface area is 153 Å². The number of unbranched alkanes of at least 4 members (excludes halogenated alkanes) is 1. The van der Waals surface area contributed by atoms with E-state index in [9.17, 15) is 14.7 Å². The Hall–Kier alpha value is -3.13. The number of nitriles is 1. The Morgan fingerprint density at radius 2 is 1.58 bits per heavy atom. The number of amides is 1. The molecule has 0 aliphatic heterocycles. The molecule has 0 bridgehead atoms. The van der Waals surface area contributed by atoms with Crippen LogP contribution in [0.25, 0.3) is 0 Å². The average Bonchev–Trinajstić information content (AvgIpc) is 2.67. The number of carboxylic acids is 1. The van der Waals surface area contributed by atoms with Crippen LogP contribution < -0.4 is 5.32 Å². The van der Waals surface area contributed by atoms with Crippen molar-refractivity contribution in [2.24, 2.45) is 0 Å². The third kappa shape index (κ3) is 4.28. The number of carbonyl (C=O) groups excluding carboxylic acids is 1. The summed E-state index contributed by atoms with van der Waals surface area (Å²) in [5.41, 5.74) is 0.542. The van der Waals surface area contributed by atoms with Crippen molar-refractivity contribution in [3.63, 3.8) is 0 Å². The van der Waals surface area contributed by atoms with Crippen LogP contribution in [0, 0.1) is 11.3 Å². The first-order chi connectivity index (χ1) is 12.5. The largest absolute Gasteiger partial charge is 0.480 e. The van der Waals surface area contributed by atoms with Gasteiger partial charge in [-0.25, -0.2) is 4.79 Å². The van der Waals surface area contributed by atoms with Gasteiger partial charge in [0.15, 0.2) is 0 Å². The first-order valence-electron chi connectivity index (χ1n) is 8.52. The molecule has 5 nitrogen and oxygen atoms in total. The minimum Gasteiger partial charge on any atom is -0.480 e. The van der Waals surface area contributed by atoms with E-state index in [1.54, 1.807) is 6.92 Å². The molecule has 0 radical (unpaired) electrons. The van der Waals surface area contributed by atoms with Crippen molar-refractivity contribution in [2.45, 2.75) is 37.6 Å². The number of nitrogens with zero attached hydrogens (tertiary/aromatic N) is 1. The summed E-state index contributed by atoms with van der Waals surface area (Å²) in [7, 11) is 0. The van der Waals surface area contributed by atoms with Crippen molar-refractivity contribution in [3.8, 4) is 6.07 Å². The van der Waals surface area contributed by atoms with Gasteiger partial charge in [-0.15, -0.1) is 0 Å². The number of benzene rings is 2. The van der Waals surface area contributed by atoms with Crippen LogP contribution in [0.3, 0.4) is 0 Å². The number of rotatable bonds is 8. The van der Waals surface area contributed by atoms with Gasteiger partial charge in [-0.2, -0.15) is 5.26 Å². The number of hydrogen-bond acceptors (Lipinski definition) is 3. The molecule has 1 amide bonds. The van der Waals surface area contributed by atoms with Gasteiger partial charge in [0.05, 0.1) is 11.5 Å². The molecule has 1 atom stereocenters. The Balaban J connectivity index is 2.35. The maximum Gasteiger partial charge on any atom is 0.326 e. The second kappa shape index (κ2) is 8.82. The van der Waals surface area contributed by atoms with Gasteiger partial charge in [0.2, 0.25) is 5.91 Å². The van der Waals surface area contributed by atoms with Crippen LogP contribution in [0.1, 0.15) is 37.3 Å². The first kappa shape index (κ1) is 19.2. The van der Waals surface area contributed by atoms with Crippen LogP contribution >= 0.6 is 0 Å². The number of aliphatic carboxylic acids is 1. The molecule has 0 unspecified atom stereocenters. The summed E-state index contributed by atoms with van der Waals surface area (Å²) in [6.45, 7) is 1.79. The molecule has 2 N–H and O–H groups in total. The summed E-state index contributed by atoms with van der Waals surface area (Å²) in [5.74, 6) is -1.47. The van der Waals surface area contributed by atoms with Crippen LogP contribution in [-0.2, 0) is 15.0 Å². The van der Waals surface area contributed by atoms with E-state index in [2.05, 4.69) is 5.32 Å². The summed E-state index contributed by atoms with van der Waals surface area (Å²) in [5, 5.41) is 20.7. The van der Waals surface area contributed by atoms with Crippen molar-refractivity contribution in [1.29, 1.82) is 5.26 Å². The molecule has 0 aromatic heterocycles. The van der Waals surface area contributed by atoms with E-state index in [-0.39, 0.29) is 18.7 Å². The van der Waals surface area contributed by atoms with Crippen molar-refractivity contribution in [1.82, 2.24) is 5.32 Å². The number of carboxylic acid groups (broad SMARTS) is 1. The molecule has 2 aromatic rings. The lowest BCUT2D eigenvalue weighted by Crippen LogP contribution is -2.50. The molecule has 0 aliphatic rings. The molecule has 0 saturated carbocycles. The SMILES string of the molecule is CC(C(=O)N[C@H](CCCC#N)C(=O)O)(c1ccccc1)c1ccccc1. The number of hydrogen-bond donors (Lipinski definition) is 2. The fourth-order valence-corrected chi connectivity index (χ4v) is 2.92. The van der Waals surface area contributed by atoms with Crippen LogP contribution in [-0.4, -0.2) is 23.0 Å². The Bertz CT molecular complexity index is 742. The highest BCUT2D eigenvalue weighted by Crippen LogP contribution is 2.32. The van der Waals surface area contributed by atoms with E-state index >= 15 is 0 Å². The number of nitrogens with one attached hydrogen (secondary N) is 1. The van der Waals surface area contributed by atoms with Crippen LogP contribution in [0.15, 0.2) is 60.7 Å². The molecule has 0 aliphatic carbocycles. The standard InChI is InChI=1S/C21H22N2O3/c1-21(16-10-4-2-5-11-16,17-12-6-3-7-13-17)20(26)23-18(19(24)25)14-8-9-15-22/h2-7,10-13,18H,8-9,14H2,1H3,(H,23,26)(H,24,25)/t18-/m1/s1. The zero-order valence-corrected chi connectivity index (χ0v) is 14.7. The van der Waals surface area contributed by atoms with Crippen LogP contribution in [0.5, 0.6) is 0 Å². The Kier molecular flexibility index (Phi) is 6.51. The molecule has 5 heteroatoms. The molecule has 26 heavy (non-hydrogen) atoms. The normalized spacial score (nSPS) is 12.0. The van der Waals surface area contributed by atoms with E-state index in [1.165, 1.54) is 0 Å². The van der Waals surface area contributed by atoms with Gasteiger partial charge in [0.25, 0.3) is 0 Å². The van der Waals surface area contributed by atoms with E-state index in [0.29, 0.717) is 6.42 Å². The predicted octanol–water partition coefficient (Wildman–Crippen LogP) is 3.26. The topological polar surface area (TPSA) is 90.2 Å². The lowest BCUT2D eigenvalue weighted by Gasteiger charge is -2.31. The average molecular weight is 350 g/mol. The highest BCUT2D eigenvalue weighted by atomic mass is 16.4. The second-order valence-electron chi connectivity index (χ2n) is 6.27. The van der Waals surface area contributed by atoms with Gasteiger partial charge >= 0.3 is 5.97 Å². The fourth-order valence-electron chi connectivity index (χ4n) is 2.92.